The first-order chi connectivity index (χ1) is 6.68. The predicted octanol–water partition coefficient (Wildman–Crippen LogP) is 1.90. The Hall–Kier alpha value is -1.64. The zero-order valence-electron chi connectivity index (χ0n) is 7.62. The van der Waals surface area contributed by atoms with Crippen LogP contribution in [-0.4, -0.2) is 16.9 Å². The fourth-order valence-electron chi connectivity index (χ4n) is 1.76. The topological polar surface area (TPSA) is 54.4 Å². The van der Waals surface area contributed by atoms with Gasteiger partial charge in [0.25, 0.3) is 0 Å². The van der Waals surface area contributed by atoms with Gasteiger partial charge in [0.15, 0.2) is 5.78 Å². The molecule has 1 aliphatic rings. The van der Waals surface area contributed by atoms with Crippen LogP contribution < -0.4 is 0 Å². The lowest BCUT2D eigenvalue weighted by Crippen LogP contribution is -2.12. The largest absolute Gasteiger partial charge is 0.478 e. The molecule has 0 spiro atoms. The summed E-state index contributed by atoms with van der Waals surface area (Å²) in [4.78, 5) is 22.1. The first-order valence-corrected chi connectivity index (χ1v) is 4.58. The van der Waals surface area contributed by atoms with Gasteiger partial charge in [-0.3, -0.25) is 4.79 Å². The summed E-state index contributed by atoms with van der Waals surface area (Å²) in [5.74, 6) is -0.916. The molecule has 0 fully saturated rings. The molecule has 0 bridgehead atoms. The fourth-order valence-corrected chi connectivity index (χ4v) is 1.76. The van der Waals surface area contributed by atoms with Crippen LogP contribution in [0.2, 0.25) is 0 Å². The van der Waals surface area contributed by atoms with Crippen LogP contribution in [0.5, 0.6) is 0 Å². The maximum absolute atomic E-state index is 11.5. The number of carbonyl (C=O) groups is 2. The second kappa shape index (κ2) is 3.25. The standard InChI is InChI=1S/C11H10O3/c12-10-3-1-2-7-4-5-8(11(13)14)6-9(7)10/h4-6H,1-3H2,(H,13,14). The number of aryl methyl sites for hydroxylation is 1. The Labute approximate surface area is 81.4 Å². The third-order valence-corrected chi connectivity index (χ3v) is 2.51. The van der Waals surface area contributed by atoms with E-state index in [9.17, 15) is 9.59 Å². The number of rotatable bonds is 1. The van der Waals surface area contributed by atoms with Crippen molar-refractivity contribution in [3.05, 3.63) is 34.9 Å². The van der Waals surface area contributed by atoms with Gasteiger partial charge in [-0.1, -0.05) is 6.07 Å². The molecule has 0 aromatic heterocycles. The number of benzene rings is 1. The smallest absolute Gasteiger partial charge is 0.335 e. The molecule has 0 radical (unpaired) electrons. The zero-order valence-corrected chi connectivity index (χ0v) is 7.62. The van der Waals surface area contributed by atoms with Crippen LogP contribution in [0, 0.1) is 0 Å². The zero-order chi connectivity index (χ0) is 10.1. The average molecular weight is 190 g/mol. The number of aromatic carboxylic acids is 1. The van der Waals surface area contributed by atoms with Crippen molar-refractivity contribution in [3.8, 4) is 0 Å². The summed E-state index contributed by atoms with van der Waals surface area (Å²) in [6.07, 6.45) is 2.29. The van der Waals surface area contributed by atoms with Crippen molar-refractivity contribution < 1.29 is 14.7 Å². The van der Waals surface area contributed by atoms with Gasteiger partial charge in [0.1, 0.15) is 0 Å². The minimum atomic E-state index is -0.980. The van der Waals surface area contributed by atoms with Gasteiger partial charge in [-0.25, -0.2) is 4.79 Å². The summed E-state index contributed by atoms with van der Waals surface area (Å²) in [7, 11) is 0. The molecular weight excluding hydrogens is 180 g/mol. The van der Waals surface area contributed by atoms with Crippen LogP contribution in [0.1, 0.15) is 39.1 Å². The van der Waals surface area contributed by atoms with Crippen molar-refractivity contribution in [2.45, 2.75) is 19.3 Å². The first kappa shape index (κ1) is 8.94. The Morgan fingerprint density at radius 3 is 2.79 bits per heavy atom. The highest BCUT2D eigenvalue weighted by Crippen LogP contribution is 2.22. The van der Waals surface area contributed by atoms with Crippen molar-refractivity contribution in [1.82, 2.24) is 0 Å². The normalized spacial score (nSPS) is 15.0. The minimum absolute atomic E-state index is 0.0642. The number of ketones is 1. The number of carbonyl (C=O) groups excluding carboxylic acids is 1. The van der Waals surface area contributed by atoms with Crippen LogP contribution in [0.4, 0.5) is 0 Å². The number of fused-ring (bicyclic) bond motifs is 1. The van der Waals surface area contributed by atoms with Gasteiger partial charge in [0.05, 0.1) is 5.56 Å². The third-order valence-electron chi connectivity index (χ3n) is 2.51. The minimum Gasteiger partial charge on any atom is -0.478 e. The predicted molar refractivity (Wildman–Crippen MR) is 50.7 cm³/mol. The fraction of sp³-hybridized carbons (Fsp3) is 0.273. The maximum atomic E-state index is 11.5. The van der Waals surface area contributed by atoms with Crippen molar-refractivity contribution in [1.29, 1.82) is 0 Å². The molecule has 1 aromatic rings. The summed E-state index contributed by atoms with van der Waals surface area (Å²) < 4.78 is 0. The molecule has 0 aliphatic heterocycles. The van der Waals surface area contributed by atoms with Crippen LogP contribution in [0.25, 0.3) is 0 Å². The molecule has 0 atom stereocenters. The molecule has 0 unspecified atom stereocenters. The van der Waals surface area contributed by atoms with Crippen LogP contribution in [-0.2, 0) is 6.42 Å². The van der Waals surface area contributed by atoms with Gasteiger partial charge in [-0.2, -0.15) is 0 Å². The average Bonchev–Trinajstić information content (AvgIpc) is 2.18. The molecule has 1 N–H and O–H groups in total. The van der Waals surface area contributed by atoms with Gasteiger partial charge in [-0.15, -0.1) is 0 Å². The summed E-state index contributed by atoms with van der Waals surface area (Å²) in [6, 6.07) is 4.79. The van der Waals surface area contributed by atoms with Crippen LogP contribution in [0.15, 0.2) is 18.2 Å². The molecule has 0 heterocycles. The van der Waals surface area contributed by atoms with E-state index in [4.69, 9.17) is 5.11 Å². The summed E-state index contributed by atoms with van der Waals surface area (Å²) in [5.41, 5.74) is 1.77. The number of hydrogen-bond donors (Lipinski definition) is 1. The molecule has 1 aliphatic carbocycles. The molecule has 2 rings (SSSR count). The van der Waals surface area contributed by atoms with Crippen molar-refractivity contribution in [2.24, 2.45) is 0 Å². The molecule has 14 heavy (non-hydrogen) atoms. The van der Waals surface area contributed by atoms with E-state index in [2.05, 4.69) is 0 Å². The number of hydrogen-bond acceptors (Lipinski definition) is 2. The second-order valence-electron chi connectivity index (χ2n) is 3.45. The van der Waals surface area contributed by atoms with Crippen LogP contribution in [0.3, 0.4) is 0 Å². The maximum Gasteiger partial charge on any atom is 0.335 e. The van der Waals surface area contributed by atoms with Gasteiger partial charge >= 0.3 is 5.97 Å². The van der Waals surface area contributed by atoms with E-state index in [1.54, 1.807) is 12.1 Å². The van der Waals surface area contributed by atoms with E-state index >= 15 is 0 Å². The molecule has 0 saturated carbocycles. The lowest BCUT2D eigenvalue weighted by Gasteiger charge is -2.14. The van der Waals surface area contributed by atoms with E-state index in [1.165, 1.54) is 6.07 Å². The third kappa shape index (κ3) is 1.41. The van der Waals surface area contributed by atoms with E-state index in [1.807, 2.05) is 0 Å². The lowest BCUT2D eigenvalue weighted by atomic mass is 9.89. The molecule has 3 nitrogen and oxygen atoms in total. The Bertz CT molecular complexity index is 407. The highest BCUT2D eigenvalue weighted by molar-refractivity contribution is 6.00. The summed E-state index contributed by atoms with van der Waals surface area (Å²) in [5, 5.41) is 8.76. The highest BCUT2D eigenvalue weighted by atomic mass is 16.4. The molecule has 0 saturated heterocycles. The molecule has 1 aromatic carbocycles. The van der Waals surface area contributed by atoms with E-state index in [0.29, 0.717) is 12.0 Å². The van der Waals surface area contributed by atoms with E-state index in [-0.39, 0.29) is 11.3 Å². The number of carboxylic acids is 1. The Morgan fingerprint density at radius 2 is 2.07 bits per heavy atom. The number of carboxylic acid groups (broad SMARTS) is 1. The van der Waals surface area contributed by atoms with Gasteiger partial charge in [0.2, 0.25) is 0 Å². The lowest BCUT2D eigenvalue weighted by molar-refractivity contribution is 0.0697. The SMILES string of the molecule is O=C(O)c1ccc2c(c1)C(=O)CCC2. The highest BCUT2D eigenvalue weighted by Gasteiger charge is 2.18. The Morgan fingerprint density at radius 1 is 1.29 bits per heavy atom. The van der Waals surface area contributed by atoms with E-state index < -0.39 is 5.97 Å². The Kier molecular flexibility index (Phi) is 2.08. The molecule has 0 amide bonds. The monoisotopic (exact) mass is 190 g/mol. The second-order valence-corrected chi connectivity index (χ2v) is 3.45. The summed E-state index contributed by atoms with van der Waals surface area (Å²) in [6.45, 7) is 0. The van der Waals surface area contributed by atoms with Crippen molar-refractivity contribution >= 4 is 11.8 Å². The van der Waals surface area contributed by atoms with Crippen LogP contribution >= 0.6 is 0 Å². The quantitative estimate of drug-likeness (QED) is 0.735. The van der Waals surface area contributed by atoms with Gasteiger partial charge in [-0.05, 0) is 30.5 Å². The first-order valence-electron chi connectivity index (χ1n) is 4.58. The van der Waals surface area contributed by atoms with Crippen molar-refractivity contribution in [3.63, 3.8) is 0 Å². The van der Waals surface area contributed by atoms with Crippen molar-refractivity contribution in [2.75, 3.05) is 0 Å². The molecule has 3 heteroatoms. The molecular formula is C11H10O3. The van der Waals surface area contributed by atoms with Gasteiger partial charge < -0.3 is 5.11 Å². The number of Topliss-reactive ketones (excluding diaryl/α,β-unsaturated/α-hetero) is 1. The Balaban J connectivity index is 2.51. The van der Waals surface area contributed by atoms with Gasteiger partial charge in [0, 0.05) is 12.0 Å². The molecule has 72 valence electrons. The summed E-state index contributed by atoms with van der Waals surface area (Å²) >= 11 is 0. The van der Waals surface area contributed by atoms with E-state index in [0.717, 1.165) is 18.4 Å².